The Hall–Kier alpha value is -1.66. The van der Waals surface area contributed by atoms with Crippen LogP contribution in [0.2, 0.25) is 0 Å². The molecule has 5 N–H and O–H groups in total. The van der Waals surface area contributed by atoms with E-state index >= 15 is 0 Å². The molecule has 34 heavy (non-hydrogen) atoms. The Morgan fingerprint density at radius 3 is 2.06 bits per heavy atom. The Morgan fingerprint density at radius 2 is 1.50 bits per heavy atom. The van der Waals surface area contributed by atoms with Gasteiger partial charge in [0.2, 0.25) is 0 Å². The summed E-state index contributed by atoms with van der Waals surface area (Å²) in [5, 5.41) is 25.4. The molecule has 2 aromatic carbocycles. The number of rotatable bonds is 1. The Labute approximate surface area is 220 Å². The molecule has 0 bridgehead atoms. The van der Waals surface area contributed by atoms with E-state index in [1.165, 1.54) is 0 Å². The van der Waals surface area contributed by atoms with Crippen LogP contribution in [0.5, 0.6) is 0 Å². The topological polar surface area (TPSA) is 117 Å². The molecule has 184 valence electrons. The van der Waals surface area contributed by atoms with Gasteiger partial charge in [-0.25, -0.2) is 0 Å². The standard InChI is InChI=1S/C13H16N2.C12H15NO2.2ClH.H2O.Sn/c1-12(2)8-13(3,9-14)10-6-4-5-7-11(10)15-12;1-12(2)7-9(11(14)15)8-5-3-4-6-10(8)13-12;;;;/h4-7,15H,8H2,1-3H3;3-6,9,13H,7H2,1-2H3,(H,14,15);2*1H;1H2;/q;;;;;+2/p-2. The van der Waals surface area contributed by atoms with E-state index in [9.17, 15) is 15.2 Å². The first-order valence-corrected chi connectivity index (χ1v) is 18.0. The molecule has 0 saturated carbocycles. The monoisotopic (exact) mass is 613 g/mol. The number of anilines is 2. The number of carboxylic acid groups (broad SMARTS) is 1. The Balaban J connectivity index is 0.000000297. The van der Waals surface area contributed by atoms with Crippen molar-refractivity contribution in [2.75, 3.05) is 10.6 Å². The molecule has 4 rings (SSSR count). The number of hydrogen-bond donors (Lipinski definition) is 3. The van der Waals surface area contributed by atoms with Gasteiger partial charge in [0.1, 0.15) is 0 Å². The Bertz CT molecular complexity index is 1030. The molecule has 0 fully saturated rings. The molecule has 2 atom stereocenters. The van der Waals surface area contributed by atoms with Crippen molar-refractivity contribution < 1.29 is 15.4 Å². The molecule has 2 aliphatic rings. The number of hydrogen-bond acceptors (Lipinski definition) is 4. The van der Waals surface area contributed by atoms with Crippen molar-refractivity contribution in [1.29, 1.82) is 5.26 Å². The number of fused-ring (bicyclic) bond motifs is 2. The predicted molar refractivity (Wildman–Crippen MR) is 142 cm³/mol. The van der Waals surface area contributed by atoms with Gasteiger partial charge in [0, 0.05) is 22.5 Å². The van der Waals surface area contributed by atoms with Crippen LogP contribution in [-0.4, -0.2) is 46.5 Å². The molecule has 2 aromatic rings. The maximum atomic E-state index is 11.2. The van der Waals surface area contributed by atoms with Crippen molar-refractivity contribution in [1.82, 2.24) is 0 Å². The van der Waals surface area contributed by atoms with Gasteiger partial charge in [0.05, 0.1) is 17.4 Å². The zero-order chi connectivity index (χ0) is 24.9. The molecule has 0 spiro atoms. The Morgan fingerprint density at radius 1 is 1.00 bits per heavy atom. The van der Waals surface area contributed by atoms with E-state index in [1.807, 2.05) is 69.3 Å². The molecule has 2 heterocycles. The summed E-state index contributed by atoms with van der Waals surface area (Å²) in [5.41, 5.74) is 3.51. The van der Waals surface area contributed by atoms with Crippen molar-refractivity contribution in [2.24, 2.45) is 0 Å². The predicted octanol–water partition coefficient (Wildman–Crippen LogP) is 5.68. The number of benzene rings is 2. The Kier molecular flexibility index (Phi) is 11.0. The second-order valence-corrected chi connectivity index (χ2v) is 14.2. The summed E-state index contributed by atoms with van der Waals surface area (Å²) in [7, 11) is 9.87. The van der Waals surface area contributed by atoms with Crippen LogP contribution in [0.15, 0.2) is 48.5 Å². The van der Waals surface area contributed by atoms with Gasteiger partial charge in [-0.2, -0.15) is 5.26 Å². The van der Waals surface area contributed by atoms with Gasteiger partial charge in [-0.05, 0) is 70.7 Å². The summed E-state index contributed by atoms with van der Waals surface area (Å²) in [6.45, 7) is 10.4. The first-order valence-electron chi connectivity index (χ1n) is 10.7. The third kappa shape index (κ3) is 7.67. The van der Waals surface area contributed by atoms with Gasteiger partial charge < -0.3 is 21.2 Å². The number of halogens is 2. The number of nitrogens with one attached hydrogen (secondary N) is 2. The fourth-order valence-corrected chi connectivity index (χ4v) is 4.73. The first-order chi connectivity index (χ1) is 15.4. The fraction of sp³-hybridized carbons (Fsp3) is 0.440. The van der Waals surface area contributed by atoms with Gasteiger partial charge in [0.15, 0.2) is 0 Å². The number of para-hydroxylation sites is 2. The van der Waals surface area contributed by atoms with Crippen LogP contribution in [0.25, 0.3) is 0 Å². The molecule has 2 unspecified atom stereocenters. The molecule has 0 saturated heterocycles. The molecule has 0 aromatic heterocycles. The van der Waals surface area contributed by atoms with E-state index in [1.54, 1.807) is 0 Å². The molecule has 2 aliphatic heterocycles. The number of carbonyl (C=O) groups is 1. The van der Waals surface area contributed by atoms with Crippen molar-refractivity contribution in [3.63, 3.8) is 0 Å². The molecular weight excluding hydrogens is 580 g/mol. The third-order valence-electron chi connectivity index (χ3n) is 5.86. The molecule has 9 heteroatoms. The average Bonchev–Trinajstić information content (AvgIpc) is 2.72. The van der Waals surface area contributed by atoms with Gasteiger partial charge in [-0.15, -0.1) is 0 Å². The van der Waals surface area contributed by atoms with Crippen LogP contribution in [0.3, 0.4) is 0 Å². The van der Waals surface area contributed by atoms with E-state index in [0.717, 1.165) is 28.9 Å². The number of aliphatic carboxylic acids is 1. The summed E-state index contributed by atoms with van der Waals surface area (Å²) in [5.74, 6) is -1.13. The minimum absolute atomic E-state index is 0. The first kappa shape index (κ1) is 30.4. The number of carboxylic acids is 1. The second kappa shape index (κ2) is 12.3. The molecule has 0 amide bonds. The SMILES string of the molecule is CC1(C)CC(C(=O)O)c2ccccc2N1.CC1(C)CC(C)(C#N)c2ccccc2N1.O.[Cl][Sn][Cl]. The van der Waals surface area contributed by atoms with Crippen molar-refractivity contribution in [2.45, 2.75) is 69.9 Å². The molecule has 2 radical (unpaired) electrons. The van der Waals surface area contributed by atoms with Crippen LogP contribution in [-0.2, 0) is 10.2 Å². The van der Waals surface area contributed by atoms with Gasteiger partial charge in [-0.1, -0.05) is 36.4 Å². The molecular formula is C25H33Cl2N3O3Sn. The van der Waals surface area contributed by atoms with E-state index in [4.69, 9.17) is 17.8 Å². The maximum absolute atomic E-state index is 11.2. The summed E-state index contributed by atoms with van der Waals surface area (Å²) < 4.78 is 0. The van der Waals surface area contributed by atoms with Gasteiger partial charge in [0.25, 0.3) is 0 Å². The van der Waals surface area contributed by atoms with E-state index in [0.29, 0.717) is 6.42 Å². The quantitative estimate of drug-likeness (QED) is 0.358. The van der Waals surface area contributed by atoms with Gasteiger partial charge >= 0.3 is 42.7 Å². The zero-order valence-electron chi connectivity index (χ0n) is 20.2. The van der Waals surface area contributed by atoms with Crippen molar-refractivity contribution in [3.8, 4) is 6.07 Å². The summed E-state index contributed by atoms with van der Waals surface area (Å²) in [6.07, 6.45) is 1.47. The third-order valence-corrected chi connectivity index (χ3v) is 5.86. The van der Waals surface area contributed by atoms with E-state index in [2.05, 4.69) is 30.6 Å². The van der Waals surface area contributed by atoms with Crippen molar-refractivity contribution >= 4 is 54.1 Å². The summed E-state index contributed by atoms with van der Waals surface area (Å²) >= 11 is -0.826. The average molecular weight is 613 g/mol. The van der Waals surface area contributed by atoms with Crippen LogP contribution in [0.1, 0.15) is 64.5 Å². The van der Waals surface area contributed by atoms with Crippen LogP contribution >= 0.6 is 17.8 Å². The summed E-state index contributed by atoms with van der Waals surface area (Å²) in [6, 6.07) is 18.2. The fourth-order valence-electron chi connectivity index (χ4n) is 4.73. The minimum atomic E-state index is -0.826. The molecule has 0 aliphatic carbocycles. The van der Waals surface area contributed by atoms with E-state index < -0.39 is 30.8 Å². The van der Waals surface area contributed by atoms with Crippen LogP contribution < -0.4 is 10.6 Å². The summed E-state index contributed by atoms with van der Waals surface area (Å²) in [4.78, 5) is 11.2. The van der Waals surface area contributed by atoms with Gasteiger partial charge in [-0.3, -0.25) is 4.79 Å². The number of nitriles is 1. The zero-order valence-corrected chi connectivity index (χ0v) is 24.5. The van der Waals surface area contributed by atoms with Crippen molar-refractivity contribution in [3.05, 3.63) is 59.7 Å². The number of nitrogens with zero attached hydrogens (tertiary/aromatic N) is 1. The second-order valence-electron chi connectivity index (χ2n) is 9.94. The van der Waals surface area contributed by atoms with Crippen LogP contribution in [0.4, 0.5) is 11.4 Å². The van der Waals surface area contributed by atoms with E-state index in [-0.39, 0.29) is 22.0 Å². The molecule has 6 nitrogen and oxygen atoms in total. The van der Waals surface area contributed by atoms with Crippen LogP contribution in [0, 0.1) is 11.3 Å². The normalized spacial score (nSPS) is 22.6.